The van der Waals surface area contributed by atoms with Crippen molar-refractivity contribution in [2.45, 2.75) is 34.1 Å². The van der Waals surface area contributed by atoms with Crippen molar-refractivity contribution in [1.82, 2.24) is 10.9 Å². The number of nitrogens with one attached hydrogen (secondary N) is 2. The number of nitrogens with zero attached hydrogens (tertiary/aromatic N) is 2. The fourth-order valence-corrected chi connectivity index (χ4v) is 2.69. The highest BCUT2D eigenvalue weighted by Crippen LogP contribution is 2.24. The lowest BCUT2D eigenvalue weighted by Gasteiger charge is -2.31. The molecule has 23 heavy (non-hydrogen) atoms. The highest BCUT2D eigenvalue weighted by Gasteiger charge is 2.17. The van der Waals surface area contributed by atoms with Crippen LogP contribution in [0.2, 0.25) is 0 Å². The first-order chi connectivity index (χ1) is 11.1. The Bertz CT molecular complexity index is 492. The molecule has 0 radical (unpaired) electrons. The minimum absolute atomic E-state index is 0.419. The second-order valence-electron chi connectivity index (χ2n) is 5.81. The molecule has 1 fully saturated rings. The minimum Gasteiger partial charge on any atom is -0.382 e. The molecule has 6 heteroatoms. The van der Waals surface area contributed by atoms with Crippen LogP contribution in [0.3, 0.4) is 0 Å². The molecule has 1 aliphatic rings. The Labute approximate surface area is 140 Å². The van der Waals surface area contributed by atoms with E-state index in [-0.39, 0.29) is 0 Å². The van der Waals surface area contributed by atoms with Gasteiger partial charge in [-0.3, -0.25) is 0 Å². The summed E-state index contributed by atoms with van der Waals surface area (Å²) < 4.78 is 0. The van der Waals surface area contributed by atoms with Gasteiger partial charge in [0, 0.05) is 37.4 Å². The molecule has 1 aromatic rings. The first-order valence-electron chi connectivity index (χ1n) is 8.49. The van der Waals surface area contributed by atoms with Gasteiger partial charge < -0.3 is 16.0 Å². The Hall–Kier alpha value is -1.79. The summed E-state index contributed by atoms with van der Waals surface area (Å²) in [6, 6.07) is 6.41. The summed E-state index contributed by atoms with van der Waals surface area (Å²) in [7, 11) is 0. The smallest absolute Gasteiger partial charge is 0.154 e. The van der Waals surface area contributed by atoms with Crippen LogP contribution in [0, 0.1) is 5.92 Å². The highest BCUT2D eigenvalue weighted by atomic mass is 15.5. The van der Waals surface area contributed by atoms with Crippen molar-refractivity contribution in [2.24, 2.45) is 22.6 Å². The second kappa shape index (κ2) is 10.1. The average Bonchev–Trinajstić information content (AvgIpc) is 2.57. The normalized spacial score (nSPS) is 15.2. The van der Waals surface area contributed by atoms with Crippen molar-refractivity contribution < 1.29 is 0 Å². The van der Waals surface area contributed by atoms with Gasteiger partial charge in [0.15, 0.2) is 5.84 Å². The van der Waals surface area contributed by atoms with Gasteiger partial charge in [-0.2, -0.15) is 0 Å². The van der Waals surface area contributed by atoms with Gasteiger partial charge in [-0.1, -0.05) is 33.8 Å². The molecule has 0 amide bonds. The summed E-state index contributed by atoms with van der Waals surface area (Å²) in [5, 5.41) is 7.29. The van der Waals surface area contributed by atoms with E-state index in [0.29, 0.717) is 11.8 Å². The van der Waals surface area contributed by atoms with Crippen molar-refractivity contribution in [3.63, 3.8) is 0 Å². The molecule has 0 atom stereocenters. The van der Waals surface area contributed by atoms with E-state index in [2.05, 4.69) is 46.8 Å². The average molecular weight is 320 g/mol. The van der Waals surface area contributed by atoms with Crippen molar-refractivity contribution in [3.8, 4) is 0 Å². The van der Waals surface area contributed by atoms with Crippen LogP contribution in [0.4, 0.5) is 5.69 Å². The summed E-state index contributed by atoms with van der Waals surface area (Å²) in [6.45, 7) is 12.4. The number of amidine groups is 1. The highest BCUT2D eigenvalue weighted by molar-refractivity contribution is 6.02. The molecule has 2 rings (SSSR count). The number of hydrazine groups is 1. The van der Waals surface area contributed by atoms with E-state index in [1.54, 1.807) is 0 Å². The molecular formula is C17H32N6. The molecular weight excluding hydrogens is 288 g/mol. The molecule has 0 saturated carbocycles. The zero-order valence-electron chi connectivity index (χ0n) is 14.9. The fourth-order valence-electron chi connectivity index (χ4n) is 2.69. The van der Waals surface area contributed by atoms with Crippen molar-refractivity contribution in [3.05, 3.63) is 29.3 Å². The summed E-state index contributed by atoms with van der Waals surface area (Å²) >= 11 is 0. The summed E-state index contributed by atoms with van der Waals surface area (Å²) in [5.74, 6) is 6.30. The molecule has 1 aromatic carbocycles. The van der Waals surface area contributed by atoms with Crippen molar-refractivity contribution >= 4 is 11.5 Å². The third-order valence-corrected chi connectivity index (χ3v) is 3.62. The molecule has 1 aliphatic heterocycles. The van der Waals surface area contributed by atoms with E-state index in [9.17, 15) is 0 Å². The van der Waals surface area contributed by atoms with Gasteiger partial charge in [-0.05, 0) is 30.0 Å². The minimum atomic E-state index is 0.419. The summed E-state index contributed by atoms with van der Waals surface area (Å²) in [6.07, 6.45) is 1.06. The van der Waals surface area contributed by atoms with Crippen LogP contribution < -0.4 is 27.3 Å². The number of anilines is 1. The predicted octanol–water partition coefficient (Wildman–Crippen LogP) is 1.40. The van der Waals surface area contributed by atoms with E-state index in [1.807, 2.05) is 19.9 Å². The Morgan fingerprint density at radius 2 is 1.96 bits per heavy atom. The first-order valence-corrected chi connectivity index (χ1v) is 8.49. The number of hydrogen-bond donors (Lipinski definition) is 4. The molecule has 1 heterocycles. The third kappa shape index (κ3) is 5.73. The summed E-state index contributed by atoms with van der Waals surface area (Å²) in [5.41, 5.74) is 11.7. The van der Waals surface area contributed by atoms with Crippen molar-refractivity contribution in [2.75, 3.05) is 31.1 Å². The lowest BCUT2D eigenvalue weighted by molar-refractivity contribution is 0.588. The SMILES string of the molecule is CC.CC(C)Cc1ccc(/C(N)=N/NN)c(N2CCNCC2)c1. The third-order valence-electron chi connectivity index (χ3n) is 3.62. The number of hydrogen-bond acceptors (Lipinski definition) is 5. The van der Waals surface area contributed by atoms with Crippen LogP contribution in [-0.4, -0.2) is 32.0 Å². The Morgan fingerprint density at radius 3 is 2.52 bits per heavy atom. The molecule has 6 N–H and O–H groups in total. The number of hydrazone groups is 1. The van der Waals surface area contributed by atoms with Gasteiger partial charge in [-0.15, -0.1) is 5.10 Å². The molecule has 0 spiro atoms. The second-order valence-corrected chi connectivity index (χ2v) is 5.81. The monoisotopic (exact) mass is 320 g/mol. The van der Waals surface area contributed by atoms with E-state index < -0.39 is 0 Å². The lowest BCUT2D eigenvalue weighted by atomic mass is 9.99. The Morgan fingerprint density at radius 1 is 1.30 bits per heavy atom. The standard InChI is InChI=1S/C15H26N6.C2H6/c1-11(2)9-12-3-4-13(15(16)19-20-17)14(10-12)21-7-5-18-6-8-21;1-2/h3-4,10-11,18,20H,5-9,17H2,1-2H3,(H2,16,19);1-2H3. The lowest BCUT2D eigenvalue weighted by Crippen LogP contribution is -2.44. The van der Waals surface area contributed by atoms with E-state index in [0.717, 1.165) is 43.9 Å². The summed E-state index contributed by atoms with van der Waals surface area (Å²) in [4.78, 5) is 2.36. The number of benzene rings is 1. The zero-order valence-corrected chi connectivity index (χ0v) is 14.9. The number of piperazine rings is 1. The van der Waals surface area contributed by atoms with Gasteiger partial charge >= 0.3 is 0 Å². The molecule has 0 aromatic heterocycles. The van der Waals surface area contributed by atoms with Gasteiger partial charge in [0.25, 0.3) is 0 Å². The maximum Gasteiger partial charge on any atom is 0.154 e. The predicted molar refractivity (Wildman–Crippen MR) is 99.5 cm³/mol. The van der Waals surface area contributed by atoms with Gasteiger partial charge in [-0.25, -0.2) is 11.4 Å². The molecule has 0 unspecified atom stereocenters. The number of nitrogens with two attached hydrogens (primary N) is 2. The molecule has 1 saturated heterocycles. The van der Waals surface area contributed by atoms with Crippen LogP contribution in [0.15, 0.2) is 23.3 Å². The van der Waals surface area contributed by atoms with Gasteiger partial charge in [0.05, 0.1) is 0 Å². The van der Waals surface area contributed by atoms with Crippen LogP contribution in [-0.2, 0) is 6.42 Å². The number of rotatable bonds is 5. The maximum absolute atomic E-state index is 6.03. The van der Waals surface area contributed by atoms with E-state index >= 15 is 0 Å². The molecule has 0 aliphatic carbocycles. The largest absolute Gasteiger partial charge is 0.382 e. The first kappa shape index (κ1) is 19.3. The van der Waals surface area contributed by atoms with Crippen LogP contribution in [0.5, 0.6) is 0 Å². The van der Waals surface area contributed by atoms with Crippen LogP contribution >= 0.6 is 0 Å². The Balaban J connectivity index is 0.00000127. The molecule has 0 bridgehead atoms. The Kier molecular flexibility index (Phi) is 8.43. The quantitative estimate of drug-likeness (QED) is 0.285. The topological polar surface area (TPSA) is 91.7 Å². The molecule has 130 valence electrons. The van der Waals surface area contributed by atoms with Crippen LogP contribution in [0.25, 0.3) is 0 Å². The van der Waals surface area contributed by atoms with E-state index in [4.69, 9.17) is 11.6 Å². The molecule has 6 nitrogen and oxygen atoms in total. The maximum atomic E-state index is 6.03. The van der Waals surface area contributed by atoms with E-state index in [1.165, 1.54) is 5.56 Å². The zero-order chi connectivity index (χ0) is 17.2. The van der Waals surface area contributed by atoms with Crippen LogP contribution in [0.1, 0.15) is 38.8 Å². The van der Waals surface area contributed by atoms with Gasteiger partial charge in [0.1, 0.15) is 0 Å². The van der Waals surface area contributed by atoms with Crippen molar-refractivity contribution in [1.29, 1.82) is 0 Å². The van der Waals surface area contributed by atoms with Gasteiger partial charge in [0.2, 0.25) is 0 Å². The fraction of sp³-hybridized carbons (Fsp3) is 0.588.